The average Bonchev–Trinajstić information content (AvgIpc) is 2.71. The third-order valence-corrected chi connectivity index (χ3v) is 4.97. The molecule has 0 fully saturated rings. The minimum absolute atomic E-state index is 0.119. The van der Waals surface area contributed by atoms with Gasteiger partial charge in [0.05, 0.1) is 12.0 Å². The van der Waals surface area contributed by atoms with Gasteiger partial charge in [-0.1, -0.05) is 54.6 Å². The summed E-state index contributed by atoms with van der Waals surface area (Å²) < 4.78 is 5.80. The summed E-state index contributed by atoms with van der Waals surface area (Å²) in [5.74, 6) is 2.54. The van der Waals surface area contributed by atoms with Crippen molar-refractivity contribution in [2.24, 2.45) is 5.10 Å². The molecule has 3 aromatic carbocycles. The van der Waals surface area contributed by atoms with Crippen LogP contribution in [0.25, 0.3) is 0 Å². The summed E-state index contributed by atoms with van der Waals surface area (Å²) in [6.07, 6.45) is 1.61. The third kappa shape index (κ3) is 6.28. The number of hydrogen-bond donors (Lipinski definition) is 1. The monoisotopic (exact) mass is 390 g/mol. The van der Waals surface area contributed by atoms with Gasteiger partial charge in [-0.15, -0.1) is 11.8 Å². The van der Waals surface area contributed by atoms with E-state index in [0.717, 1.165) is 22.8 Å². The van der Waals surface area contributed by atoms with Crippen molar-refractivity contribution in [3.05, 3.63) is 95.6 Å². The molecule has 0 atom stereocenters. The van der Waals surface area contributed by atoms with Crippen LogP contribution in [0.2, 0.25) is 0 Å². The lowest BCUT2D eigenvalue weighted by molar-refractivity contribution is -0.118. The van der Waals surface area contributed by atoms with Gasteiger partial charge in [-0.2, -0.15) is 5.10 Å². The molecule has 0 saturated carbocycles. The highest BCUT2D eigenvalue weighted by atomic mass is 32.2. The fourth-order valence-corrected chi connectivity index (χ4v) is 3.42. The molecule has 3 rings (SSSR count). The molecule has 0 aliphatic carbocycles. The number of para-hydroxylation sites is 1. The Morgan fingerprint density at radius 1 is 1.00 bits per heavy atom. The molecule has 0 spiro atoms. The predicted molar refractivity (Wildman–Crippen MR) is 116 cm³/mol. The first-order chi connectivity index (χ1) is 13.7. The number of nitrogens with zero attached hydrogens (tertiary/aromatic N) is 1. The number of hydrogen-bond acceptors (Lipinski definition) is 4. The number of benzene rings is 3. The van der Waals surface area contributed by atoms with Gasteiger partial charge in [0.15, 0.2) is 0 Å². The van der Waals surface area contributed by atoms with E-state index in [0.29, 0.717) is 5.75 Å². The molecule has 0 aromatic heterocycles. The zero-order valence-corrected chi connectivity index (χ0v) is 16.5. The van der Waals surface area contributed by atoms with Crippen molar-refractivity contribution >= 4 is 23.9 Å². The molecule has 3 aromatic rings. The van der Waals surface area contributed by atoms with Crippen LogP contribution in [0.1, 0.15) is 16.7 Å². The Balaban J connectivity index is 1.45. The van der Waals surface area contributed by atoms with Crippen LogP contribution in [-0.4, -0.2) is 17.9 Å². The molecular formula is C23H22N2O2S. The van der Waals surface area contributed by atoms with Crippen LogP contribution in [0, 0.1) is 6.92 Å². The second-order valence-corrected chi connectivity index (χ2v) is 7.19. The largest absolute Gasteiger partial charge is 0.457 e. The Kier molecular flexibility index (Phi) is 7.27. The van der Waals surface area contributed by atoms with E-state index in [1.807, 2.05) is 66.7 Å². The molecule has 1 N–H and O–H groups in total. The molecule has 0 aliphatic heterocycles. The first-order valence-corrected chi connectivity index (χ1v) is 10.1. The number of hydrazone groups is 1. The Hall–Kier alpha value is -3.05. The Labute approximate surface area is 169 Å². The van der Waals surface area contributed by atoms with Crippen molar-refractivity contribution < 1.29 is 9.53 Å². The van der Waals surface area contributed by atoms with Crippen molar-refractivity contribution in [2.45, 2.75) is 12.7 Å². The van der Waals surface area contributed by atoms with Crippen LogP contribution < -0.4 is 10.2 Å². The Morgan fingerprint density at radius 2 is 1.75 bits per heavy atom. The summed E-state index contributed by atoms with van der Waals surface area (Å²) >= 11 is 1.57. The quantitative estimate of drug-likeness (QED) is 0.426. The van der Waals surface area contributed by atoms with Crippen LogP contribution in [0.4, 0.5) is 0 Å². The van der Waals surface area contributed by atoms with Crippen molar-refractivity contribution in [3.8, 4) is 11.5 Å². The molecular weight excluding hydrogens is 368 g/mol. The number of rotatable bonds is 8. The summed E-state index contributed by atoms with van der Waals surface area (Å²) in [5.41, 5.74) is 5.91. The highest BCUT2D eigenvalue weighted by Crippen LogP contribution is 2.21. The molecule has 1 amide bonds. The van der Waals surface area contributed by atoms with Crippen molar-refractivity contribution in [3.63, 3.8) is 0 Å². The smallest absolute Gasteiger partial charge is 0.250 e. The topological polar surface area (TPSA) is 50.7 Å². The zero-order chi connectivity index (χ0) is 19.6. The van der Waals surface area contributed by atoms with Gasteiger partial charge in [0.2, 0.25) is 5.91 Å². The van der Waals surface area contributed by atoms with Gasteiger partial charge in [0.1, 0.15) is 11.5 Å². The normalized spacial score (nSPS) is 10.8. The number of amides is 1. The number of carbonyl (C=O) groups excluding carboxylic acids is 1. The minimum atomic E-state index is -0.119. The molecule has 4 nitrogen and oxygen atoms in total. The standard InChI is InChI=1S/C23H22N2O2S/c1-18-8-5-6-10-20(18)16-28-17-23(26)25-24-15-19-9-7-13-22(14-19)27-21-11-3-2-4-12-21/h2-15H,16-17H2,1H3,(H,25,26)/b24-15+. The van der Waals surface area contributed by atoms with Gasteiger partial charge >= 0.3 is 0 Å². The van der Waals surface area contributed by atoms with E-state index in [4.69, 9.17) is 4.74 Å². The fraction of sp³-hybridized carbons (Fsp3) is 0.130. The molecule has 28 heavy (non-hydrogen) atoms. The first kappa shape index (κ1) is 19.7. The van der Waals surface area contributed by atoms with E-state index in [-0.39, 0.29) is 5.91 Å². The van der Waals surface area contributed by atoms with Crippen LogP contribution in [0.5, 0.6) is 11.5 Å². The Bertz CT molecular complexity index is 942. The van der Waals surface area contributed by atoms with E-state index < -0.39 is 0 Å². The highest BCUT2D eigenvalue weighted by Gasteiger charge is 2.02. The average molecular weight is 391 g/mol. The first-order valence-electron chi connectivity index (χ1n) is 8.98. The molecule has 0 radical (unpaired) electrons. The summed E-state index contributed by atoms with van der Waals surface area (Å²) in [6, 6.07) is 25.3. The lowest BCUT2D eigenvalue weighted by Crippen LogP contribution is -2.19. The molecule has 0 bridgehead atoms. The van der Waals surface area contributed by atoms with Crippen LogP contribution >= 0.6 is 11.8 Å². The van der Waals surface area contributed by atoms with Gasteiger partial charge < -0.3 is 4.74 Å². The molecule has 0 heterocycles. The van der Waals surface area contributed by atoms with Crippen molar-refractivity contribution in [1.82, 2.24) is 5.43 Å². The molecule has 0 aliphatic rings. The summed E-state index contributed by atoms with van der Waals surface area (Å²) in [5, 5.41) is 4.04. The Morgan fingerprint density at radius 3 is 2.57 bits per heavy atom. The van der Waals surface area contributed by atoms with Crippen LogP contribution in [0.3, 0.4) is 0 Å². The summed E-state index contributed by atoms with van der Waals surface area (Å²) in [6.45, 7) is 2.08. The van der Waals surface area contributed by atoms with Crippen LogP contribution in [-0.2, 0) is 10.5 Å². The van der Waals surface area contributed by atoms with Crippen molar-refractivity contribution in [2.75, 3.05) is 5.75 Å². The summed E-state index contributed by atoms with van der Waals surface area (Å²) in [4.78, 5) is 11.9. The van der Waals surface area contributed by atoms with Gasteiger partial charge in [0.25, 0.3) is 0 Å². The SMILES string of the molecule is Cc1ccccc1CSCC(=O)N/N=C/c1cccc(Oc2ccccc2)c1. The maximum atomic E-state index is 11.9. The second-order valence-electron chi connectivity index (χ2n) is 6.20. The lowest BCUT2D eigenvalue weighted by Gasteiger charge is -2.06. The number of nitrogens with one attached hydrogen (secondary N) is 1. The number of ether oxygens (including phenoxy) is 1. The number of aryl methyl sites for hydroxylation is 1. The van der Waals surface area contributed by atoms with Crippen LogP contribution in [0.15, 0.2) is 84.0 Å². The van der Waals surface area contributed by atoms with Gasteiger partial charge in [-0.3, -0.25) is 4.79 Å². The van der Waals surface area contributed by atoms with E-state index in [2.05, 4.69) is 29.6 Å². The van der Waals surface area contributed by atoms with Gasteiger partial charge in [0, 0.05) is 5.75 Å². The van der Waals surface area contributed by atoms with E-state index in [1.54, 1.807) is 18.0 Å². The molecule has 142 valence electrons. The van der Waals surface area contributed by atoms with E-state index >= 15 is 0 Å². The maximum Gasteiger partial charge on any atom is 0.250 e. The predicted octanol–water partition coefficient (Wildman–Crippen LogP) is 5.17. The van der Waals surface area contributed by atoms with Gasteiger partial charge in [-0.25, -0.2) is 5.43 Å². The fourth-order valence-electron chi connectivity index (χ4n) is 2.52. The minimum Gasteiger partial charge on any atom is -0.457 e. The summed E-state index contributed by atoms with van der Waals surface area (Å²) in [7, 11) is 0. The van der Waals surface area contributed by atoms with E-state index in [1.165, 1.54) is 11.1 Å². The second kappa shape index (κ2) is 10.3. The zero-order valence-electron chi connectivity index (χ0n) is 15.7. The molecule has 5 heteroatoms. The van der Waals surface area contributed by atoms with Gasteiger partial charge in [-0.05, 0) is 47.9 Å². The molecule has 0 saturated heterocycles. The lowest BCUT2D eigenvalue weighted by atomic mass is 10.1. The maximum absolute atomic E-state index is 11.9. The third-order valence-electron chi connectivity index (χ3n) is 3.99. The number of thioether (sulfide) groups is 1. The molecule has 0 unspecified atom stereocenters. The highest BCUT2D eigenvalue weighted by molar-refractivity contribution is 7.99. The van der Waals surface area contributed by atoms with Crippen molar-refractivity contribution in [1.29, 1.82) is 0 Å². The van der Waals surface area contributed by atoms with E-state index in [9.17, 15) is 4.79 Å². The number of carbonyl (C=O) groups is 1.